The molecule has 2 atom stereocenters. The van der Waals surface area contributed by atoms with Gasteiger partial charge in [-0.25, -0.2) is 0 Å². The average molecular weight is 258 g/mol. The molecule has 2 fully saturated rings. The van der Waals surface area contributed by atoms with E-state index < -0.39 is 11.0 Å². The number of hydrogen-bond donors (Lipinski definition) is 0. The molecule has 1 heterocycles. The fourth-order valence-electron chi connectivity index (χ4n) is 3.60. The van der Waals surface area contributed by atoms with E-state index in [9.17, 15) is 9.59 Å². The Morgan fingerprint density at radius 1 is 1.21 bits per heavy atom. The third kappa shape index (κ3) is 1.38. The predicted octanol–water partition coefficient (Wildman–Crippen LogP) is 2.98. The van der Waals surface area contributed by atoms with Gasteiger partial charge in [0.05, 0.1) is 0 Å². The molecule has 0 bridgehead atoms. The van der Waals surface area contributed by atoms with Crippen molar-refractivity contribution in [2.45, 2.75) is 44.6 Å². The zero-order valence-electron chi connectivity index (χ0n) is 11.1. The molecule has 1 aromatic carbocycles. The number of ether oxygens (including phenoxy) is 1. The molecule has 19 heavy (non-hydrogen) atoms. The molecule has 1 aliphatic carbocycles. The van der Waals surface area contributed by atoms with Crippen LogP contribution in [0.5, 0.6) is 0 Å². The second kappa shape index (κ2) is 4.19. The van der Waals surface area contributed by atoms with Crippen molar-refractivity contribution in [3.05, 3.63) is 35.9 Å². The lowest BCUT2D eigenvalue weighted by Crippen LogP contribution is -2.64. The maximum Gasteiger partial charge on any atom is 0.325 e. The van der Waals surface area contributed by atoms with Crippen molar-refractivity contribution in [1.29, 1.82) is 0 Å². The smallest absolute Gasteiger partial charge is 0.325 e. The molecule has 1 saturated carbocycles. The Morgan fingerprint density at radius 2 is 1.95 bits per heavy atom. The summed E-state index contributed by atoms with van der Waals surface area (Å²) in [6, 6.07) is 9.73. The summed E-state index contributed by atoms with van der Waals surface area (Å²) in [6.07, 6.45) is 3.56. The van der Waals surface area contributed by atoms with Crippen molar-refractivity contribution < 1.29 is 14.3 Å². The predicted molar refractivity (Wildman–Crippen MR) is 70.4 cm³/mol. The lowest BCUT2D eigenvalue weighted by molar-refractivity contribution is -0.237. The van der Waals surface area contributed by atoms with Gasteiger partial charge >= 0.3 is 5.97 Å². The Bertz CT molecular complexity index is 522. The number of esters is 1. The largest absolute Gasteiger partial charge is 0.452 e. The number of benzene rings is 1. The summed E-state index contributed by atoms with van der Waals surface area (Å²) in [5.74, 6) is -0.242. The van der Waals surface area contributed by atoms with E-state index in [1.807, 2.05) is 30.3 Å². The Labute approximate surface area is 113 Å². The summed E-state index contributed by atoms with van der Waals surface area (Å²) < 4.78 is 5.55. The standard InChI is InChI=1S/C16H18O3/c1-2-3-10-15-13(17)9-11-16(15,19-14(15)18)12-7-5-4-6-8-12/h4-8H,2-3,9-11H2,1H3/t15-,16+/m1/s1. The first-order valence-electron chi connectivity index (χ1n) is 6.99. The van der Waals surface area contributed by atoms with Gasteiger partial charge in [0.15, 0.2) is 16.8 Å². The van der Waals surface area contributed by atoms with Gasteiger partial charge in [0, 0.05) is 12.8 Å². The lowest BCUT2D eigenvalue weighted by Gasteiger charge is -2.51. The van der Waals surface area contributed by atoms with E-state index in [0.29, 0.717) is 19.3 Å². The van der Waals surface area contributed by atoms with Crippen LogP contribution in [0.2, 0.25) is 0 Å². The van der Waals surface area contributed by atoms with Crippen molar-refractivity contribution in [3.63, 3.8) is 0 Å². The average Bonchev–Trinajstić information content (AvgIpc) is 2.66. The molecule has 3 heteroatoms. The highest BCUT2D eigenvalue weighted by molar-refractivity contribution is 6.11. The molecule has 0 amide bonds. The topological polar surface area (TPSA) is 43.4 Å². The number of Topliss-reactive ketones (excluding diaryl/α,β-unsaturated/α-hetero) is 1. The first-order chi connectivity index (χ1) is 9.17. The number of hydrogen-bond acceptors (Lipinski definition) is 3. The lowest BCUT2D eigenvalue weighted by atomic mass is 9.63. The van der Waals surface area contributed by atoms with E-state index in [1.54, 1.807) is 0 Å². The molecule has 1 saturated heterocycles. The second-order valence-electron chi connectivity index (χ2n) is 5.51. The molecule has 0 N–H and O–H groups in total. The first-order valence-corrected chi connectivity index (χ1v) is 6.99. The van der Waals surface area contributed by atoms with Crippen LogP contribution in [0.3, 0.4) is 0 Å². The van der Waals surface area contributed by atoms with Gasteiger partial charge in [0.25, 0.3) is 0 Å². The van der Waals surface area contributed by atoms with Crippen LogP contribution in [-0.2, 0) is 19.9 Å². The normalized spacial score (nSPS) is 32.7. The minimum atomic E-state index is -0.898. The minimum absolute atomic E-state index is 0.0704. The van der Waals surface area contributed by atoms with Crippen LogP contribution in [0.15, 0.2) is 30.3 Å². The van der Waals surface area contributed by atoms with Gasteiger partial charge in [-0.05, 0) is 12.0 Å². The summed E-state index contributed by atoms with van der Waals surface area (Å²) in [7, 11) is 0. The number of rotatable bonds is 4. The molecular weight excluding hydrogens is 240 g/mol. The third-order valence-electron chi connectivity index (χ3n) is 4.63. The van der Waals surface area contributed by atoms with Gasteiger partial charge in [-0.1, -0.05) is 50.1 Å². The van der Waals surface area contributed by atoms with Crippen LogP contribution in [-0.4, -0.2) is 11.8 Å². The van der Waals surface area contributed by atoms with Crippen LogP contribution in [0.25, 0.3) is 0 Å². The van der Waals surface area contributed by atoms with E-state index in [4.69, 9.17) is 4.74 Å². The maximum atomic E-state index is 12.4. The molecule has 0 spiro atoms. The van der Waals surface area contributed by atoms with E-state index >= 15 is 0 Å². The van der Waals surface area contributed by atoms with Gasteiger partial charge in [-0.15, -0.1) is 0 Å². The van der Waals surface area contributed by atoms with Crippen LogP contribution in [0.1, 0.15) is 44.6 Å². The van der Waals surface area contributed by atoms with Gasteiger partial charge in [0.1, 0.15) is 0 Å². The Balaban J connectivity index is 2.06. The molecule has 3 nitrogen and oxygen atoms in total. The van der Waals surface area contributed by atoms with Crippen molar-refractivity contribution in [1.82, 2.24) is 0 Å². The number of ketones is 1. The van der Waals surface area contributed by atoms with Crippen molar-refractivity contribution >= 4 is 11.8 Å². The fourth-order valence-corrected chi connectivity index (χ4v) is 3.60. The second-order valence-corrected chi connectivity index (χ2v) is 5.51. The highest BCUT2D eigenvalue weighted by Gasteiger charge is 2.75. The molecule has 1 aromatic rings. The number of fused-ring (bicyclic) bond motifs is 1. The SMILES string of the molecule is CCCC[C@]12C(=O)CC[C@@]1(c1ccccc1)OC2=O. The summed E-state index contributed by atoms with van der Waals surface area (Å²) >= 11 is 0. The van der Waals surface area contributed by atoms with E-state index in [2.05, 4.69) is 6.92 Å². The van der Waals surface area contributed by atoms with Gasteiger partial charge in [-0.3, -0.25) is 9.59 Å². The molecule has 0 unspecified atom stereocenters. The fraction of sp³-hybridized carbons (Fsp3) is 0.500. The molecule has 3 rings (SSSR count). The molecule has 2 aliphatic rings. The highest BCUT2D eigenvalue weighted by Crippen LogP contribution is 2.63. The summed E-state index contributed by atoms with van der Waals surface area (Å²) in [5.41, 5.74) is -0.612. The molecule has 100 valence electrons. The molecule has 0 radical (unpaired) electrons. The van der Waals surface area contributed by atoms with Gasteiger partial charge < -0.3 is 4.74 Å². The van der Waals surface area contributed by atoms with Crippen molar-refractivity contribution in [3.8, 4) is 0 Å². The van der Waals surface area contributed by atoms with Crippen LogP contribution in [0, 0.1) is 5.41 Å². The third-order valence-corrected chi connectivity index (χ3v) is 4.63. The Kier molecular flexibility index (Phi) is 2.73. The van der Waals surface area contributed by atoms with Crippen LogP contribution < -0.4 is 0 Å². The van der Waals surface area contributed by atoms with E-state index in [-0.39, 0.29) is 11.8 Å². The zero-order valence-corrected chi connectivity index (χ0v) is 11.1. The molecule has 0 aromatic heterocycles. The van der Waals surface area contributed by atoms with E-state index in [1.165, 1.54) is 0 Å². The van der Waals surface area contributed by atoms with E-state index in [0.717, 1.165) is 18.4 Å². The van der Waals surface area contributed by atoms with Gasteiger partial charge in [-0.2, -0.15) is 0 Å². The summed E-state index contributed by atoms with van der Waals surface area (Å²) in [6.45, 7) is 2.07. The van der Waals surface area contributed by atoms with Crippen molar-refractivity contribution in [2.75, 3.05) is 0 Å². The van der Waals surface area contributed by atoms with Crippen LogP contribution >= 0.6 is 0 Å². The van der Waals surface area contributed by atoms with Gasteiger partial charge in [0.2, 0.25) is 0 Å². The molecular formula is C16H18O3. The van der Waals surface area contributed by atoms with Crippen molar-refractivity contribution in [2.24, 2.45) is 5.41 Å². The highest BCUT2D eigenvalue weighted by atomic mass is 16.6. The first kappa shape index (κ1) is 12.4. The number of unbranched alkanes of at least 4 members (excludes halogenated alkanes) is 1. The van der Waals surface area contributed by atoms with Crippen LogP contribution in [0.4, 0.5) is 0 Å². The summed E-state index contributed by atoms with van der Waals surface area (Å²) in [4.78, 5) is 24.4. The Hall–Kier alpha value is -1.64. The minimum Gasteiger partial charge on any atom is -0.452 e. The summed E-state index contributed by atoms with van der Waals surface area (Å²) in [5, 5.41) is 0. The zero-order chi connectivity index (χ0) is 13.5. The maximum absolute atomic E-state index is 12.4. The number of carbonyl (C=O) groups is 2. The number of carbonyl (C=O) groups excluding carboxylic acids is 2. The quantitative estimate of drug-likeness (QED) is 0.616. The Morgan fingerprint density at radius 3 is 2.58 bits per heavy atom. The monoisotopic (exact) mass is 258 g/mol. The molecule has 1 aliphatic heterocycles.